The van der Waals surface area contributed by atoms with Crippen molar-refractivity contribution in [3.63, 3.8) is 0 Å². The first kappa shape index (κ1) is 12.4. The Labute approximate surface area is 116 Å². The third-order valence-electron chi connectivity index (χ3n) is 2.99. The molecule has 1 aromatic heterocycles. The zero-order chi connectivity index (χ0) is 13.8. The van der Waals surface area contributed by atoms with Crippen LogP contribution in [0.1, 0.15) is 11.4 Å². The minimum atomic E-state index is -1.65. The largest absolute Gasteiger partial charge is 0.451 e. The van der Waals surface area contributed by atoms with E-state index in [1.54, 1.807) is 36.7 Å². The Morgan fingerprint density at radius 2 is 1.60 bits per heavy atom. The van der Waals surface area contributed by atoms with E-state index >= 15 is 0 Å². The molecule has 4 heteroatoms. The molecule has 0 fully saturated rings. The smallest absolute Gasteiger partial charge is 0.294 e. The minimum Gasteiger partial charge on any atom is -0.451 e. The maximum Gasteiger partial charge on any atom is 0.294 e. The van der Waals surface area contributed by atoms with Crippen molar-refractivity contribution in [3.05, 3.63) is 84.4 Å². The van der Waals surface area contributed by atoms with Crippen LogP contribution in [0.5, 0.6) is 5.75 Å². The lowest BCUT2D eigenvalue weighted by atomic mass is 10.1. The van der Waals surface area contributed by atoms with E-state index in [0.717, 1.165) is 0 Å². The van der Waals surface area contributed by atoms with Crippen LogP contribution < -0.4 is 4.74 Å². The van der Waals surface area contributed by atoms with Crippen molar-refractivity contribution < 1.29 is 9.84 Å². The normalized spacial score (nSPS) is 13.7. The Balaban J connectivity index is 2.05. The predicted octanol–water partition coefficient (Wildman–Crippen LogP) is 2.68. The van der Waals surface area contributed by atoms with Gasteiger partial charge in [-0.2, -0.15) is 0 Å². The molecular weight excluding hydrogens is 252 g/mol. The zero-order valence-corrected chi connectivity index (χ0v) is 10.7. The molecule has 4 nitrogen and oxygen atoms in total. The third-order valence-corrected chi connectivity index (χ3v) is 2.99. The number of aromatic nitrogens is 2. The van der Waals surface area contributed by atoms with Crippen LogP contribution in [0.4, 0.5) is 0 Å². The number of rotatable bonds is 4. The van der Waals surface area contributed by atoms with Gasteiger partial charge < -0.3 is 14.8 Å². The van der Waals surface area contributed by atoms with Gasteiger partial charge in [0.1, 0.15) is 5.75 Å². The van der Waals surface area contributed by atoms with Gasteiger partial charge in [-0.3, -0.25) is 0 Å². The summed E-state index contributed by atoms with van der Waals surface area (Å²) in [5, 5.41) is 11.0. The van der Waals surface area contributed by atoms with Crippen LogP contribution in [-0.4, -0.2) is 15.1 Å². The van der Waals surface area contributed by atoms with Gasteiger partial charge in [0.25, 0.3) is 5.79 Å². The molecule has 3 aromatic rings. The van der Waals surface area contributed by atoms with Gasteiger partial charge in [-0.25, -0.2) is 4.98 Å². The number of hydrogen-bond acceptors (Lipinski definition) is 3. The second kappa shape index (κ2) is 5.19. The summed E-state index contributed by atoms with van der Waals surface area (Å²) in [5.41, 5.74) is 0.610. The molecule has 0 radical (unpaired) electrons. The summed E-state index contributed by atoms with van der Waals surface area (Å²) in [4.78, 5) is 7.04. The van der Waals surface area contributed by atoms with Crippen molar-refractivity contribution >= 4 is 0 Å². The molecule has 0 bridgehead atoms. The van der Waals surface area contributed by atoms with Gasteiger partial charge in [-0.15, -0.1) is 0 Å². The Morgan fingerprint density at radius 1 is 0.950 bits per heavy atom. The van der Waals surface area contributed by atoms with Crippen LogP contribution in [0, 0.1) is 0 Å². The molecule has 3 rings (SSSR count). The van der Waals surface area contributed by atoms with Crippen molar-refractivity contribution in [1.82, 2.24) is 9.97 Å². The van der Waals surface area contributed by atoms with Gasteiger partial charge in [0.05, 0.1) is 0 Å². The third kappa shape index (κ3) is 2.29. The monoisotopic (exact) mass is 266 g/mol. The highest BCUT2D eigenvalue weighted by molar-refractivity contribution is 5.30. The average molecular weight is 266 g/mol. The van der Waals surface area contributed by atoms with Crippen LogP contribution in [-0.2, 0) is 5.79 Å². The van der Waals surface area contributed by atoms with Gasteiger partial charge in [-0.1, -0.05) is 48.5 Å². The quantitative estimate of drug-likeness (QED) is 0.714. The Hall–Kier alpha value is -2.59. The van der Waals surface area contributed by atoms with Crippen molar-refractivity contribution in [2.45, 2.75) is 5.79 Å². The molecule has 0 saturated carbocycles. The summed E-state index contributed by atoms with van der Waals surface area (Å²) in [7, 11) is 0. The molecule has 1 atom stereocenters. The van der Waals surface area contributed by atoms with Crippen LogP contribution in [0.3, 0.4) is 0 Å². The standard InChI is InChI=1S/C16H14N2O2/c19-16(15-17-11-12-18-15,13-7-3-1-4-8-13)20-14-9-5-2-6-10-14/h1-12,19H,(H,17,18). The van der Waals surface area contributed by atoms with Gasteiger partial charge in [0, 0.05) is 18.0 Å². The summed E-state index contributed by atoms with van der Waals surface area (Å²) in [6, 6.07) is 18.3. The molecular formula is C16H14N2O2. The number of para-hydroxylation sites is 1. The molecule has 0 aliphatic rings. The fourth-order valence-corrected chi connectivity index (χ4v) is 2.02. The highest BCUT2D eigenvalue weighted by Crippen LogP contribution is 2.30. The second-order valence-corrected chi connectivity index (χ2v) is 4.36. The number of hydrogen-bond donors (Lipinski definition) is 2. The lowest BCUT2D eigenvalue weighted by Gasteiger charge is -2.27. The van der Waals surface area contributed by atoms with E-state index in [1.165, 1.54) is 0 Å². The van der Waals surface area contributed by atoms with Crippen LogP contribution in [0.25, 0.3) is 0 Å². The number of aliphatic hydroxyl groups is 1. The number of benzene rings is 2. The average Bonchev–Trinajstić information content (AvgIpc) is 3.04. The number of ether oxygens (including phenoxy) is 1. The highest BCUT2D eigenvalue weighted by atomic mass is 16.6. The lowest BCUT2D eigenvalue weighted by molar-refractivity contribution is -0.114. The van der Waals surface area contributed by atoms with Crippen LogP contribution >= 0.6 is 0 Å². The number of nitrogens with one attached hydrogen (secondary N) is 1. The van der Waals surface area contributed by atoms with Gasteiger partial charge in [0.15, 0.2) is 5.82 Å². The number of nitrogens with zero attached hydrogens (tertiary/aromatic N) is 1. The Kier molecular flexibility index (Phi) is 3.23. The van der Waals surface area contributed by atoms with E-state index in [0.29, 0.717) is 17.1 Å². The van der Waals surface area contributed by atoms with Gasteiger partial charge in [-0.05, 0) is 12.1 Å². The maximum absolute atomic E-state index is 11.0. The number of imidazole rings is 1. The molecule has 2 aromatic carbocycles. The first-order valence-corrected chi connectivity index (χ1v) is 6.31. The molecule has 0 aliphatic carbocycles. The Morgan fingerprint density at radius 3 is 2.20 bits per heavy atom. The summed E-state index contributed by atoms with van der Waals surface area (Å²) >= 11 is 0. The molecule has 0 aliphatic heterocycles. The summed E-state index contributed by atoms with van der Waals surface area (Å²) < 4.78 is 5.79. The van der Waals surface area contributed by atoms with E-state index in [-0.39, 0.29) is 0 Å². The fourth-order valence-electron chi connectivity index (χ4n) is 2.02. The fraction of sp³-hybridized carbons (Fsp3) is 0.0625. The Bertz CT molecular complexity index is 653. The topological polar surface area (TPSA) is 58.1 Å². The van der Waals surface area contributed by atoms with Gasteiger partial charge in [0.2, 0.25) is 0 Å². The van der Waals surface area contributed by atoms with Crippen molar-refractivity contribution in [2.75, 3.05) is 0 Å². The summed E-state index contributed by atoms with van der Waals surface area (Å²) in [6.07, 6.45) is 3.23. The van der Waals surface area contributed by atoms with Crippen molar-refractivity contribution in [2.24, 2.45) is 0 Å². The molecule has 100 valence electrons. The van der Waals surface area contributed by atoms with E-state index in [9.17, 15) is 5.11 Å². The van der Waals surface area contributed by atoms with Crippen LogP contribution in [0.2, 0.25) is 0 Å². The SMILES string of the molecule is OC(Oc1ccccc1)(c1ccccc1)c1ncc[nH]1. The molecule has 0 saturated heterocycles. The highest BCUT2D eigenvalue weighted by Gasteiger charge is 2.37. The summed E-state index contributed by atoms with van der Waals surface area (Å²) in [5.74, 6) is -0.741. The lowest BCUT2D eigenvalue weighted by Crippen LogP contribution is -2.35. The molecule has 0 amide bonds. The van der Waals surface area contributed by atoms with Crippen molar-refractivity contribution in [3.8, 4) is 5.75 Å². The number of H-pyrrole nitrogens is 1. The zero-order valence-electron chi connectivity index (χ0n) is 10.7. The molecule has 1 unspecified atom stereocenters. The maximum atomic E-state index is 11.0. The first-order chi connectivity index (χ1) is 9.79. The summed E-state index contributed by atoms with van der Waals surface area (Å²) in [6.45, 7) is 0. The first-order valence-electron chi connectivity index (χ1n) is 6.31. The van der Waals surface area contributed by atoms with Crippen LogP contribution in [0.15, 0.2) is 73.1 Å². The van der Waals surface area contributed by atoms with E-state index in [1.807, 2.05) is 36.4 Å². The predicted molar refractivity (Wildman–Crippen MR) is 75.1 cm³/mol. The number of aromatic amines is 1. The van der Waals surface area contributed by atoms with E-state index < -0.39 is 5.79 Å². The minimum absolute atomic E-state index is 0.340. The van der Waals surface area contributed by atoms with E-state index in [4.69, 9.17) is 4.74 Å². The molecule has 1 heterocycles. The van der Waals surface area contributed by atoms with Crippen molar-refractivity contribution in [1.29, 1.82) is 0 Å². The molecule has 20 heavy (non-hydrogen) atoms. The molecule has 0 spiro atoms. The van der Waals surface area contributed by atoms with Gasteiger partial charge >= 0.3 is 0 Å². The van der Waals surface area contributed by atoms with E-state index in [2.05, 4.69) is 9.97 Å². The second-order valence-electron chi connectivity index (χ2n) is 4.36. The molecule has 2 N–H and O–H groups in total.